The van der Waals surface area contributed by atoms with Crippen molar-refractivity contribution in [2.24, 2.45) is 5.92 Å². The number of carbonyl (C=O) groups excluding carboxylic acids is 2. The number of amides is 2. The second-order valence-corrected chi connectivity index (χ2v) is 10.1. The minimum Gasteiger partial charge on any atom is -0.322 e. The first-order chi connectivity index (χ1) is 18.7. The summed E-state index contributed by atoms with van der Waals surface area (Å²) < 4.78 is 0. The Morgan fingerprint density at radius 1 is 0.949 bits per heavy atom. The topological polar surface area (TPSA) is 134 Å². The Kier molecular flexibility index (Phi) is 6.86. The standard InChI is InChI=1S/C30H27N7O2/c1-18-4-7-22(35-29(39)21-9-11-32-25(14-21)30(2,3)17-31)16-23(18)27-34-13-10-24(36-27)20-8-12-33-26(15-20)37-28(38)19-5-6-19/h4,7-16,19H,5-6H2,1-3H3,(H,35,39)(H,33,37,38). The van der Waals surface area contributed by atoms with Gasteiger partial charge in [0.25, 0.3) is 5.91 Å². The maximum atomic E-state index is 13.0. The van der Waals surface area contributed by atoms with Gasteiger partial charge in [-0.1, -0.05) is 6.07 Å². The van der Waals surface area contributed by atoms with Crippen molar-refractivity contribution in [1.29, 1.82) is 5.26 Å². The summed E-state index contributed by atoms with van der Waals surface area (Å²) in [5, 5.41) is 15.2. The van der Waals surface area contributed by atoms with Gasteiger partial charge in [-0.25, -0.2) is 15.0 Å². The van der Waals surface area contributed by atoms with Crippen molar-refractivity contribution in [2.45, 2.75) is 39.0 Å². The lowest BCUT2D eigenvalue weighted by Crippen LogP contribution is -2.18. The van der Waals surface area contributed by atoms with Crippen molar-refractivity contribution in [3.05, 3.63) is 83.9 Å². The zero-order valence-electron chi connectivity index (χ0n) is 21.9. The minimum absolute atomic E-state index is 0.00530. The molecule has 0 atom stereocenters. The molecule has 3 aromatic heterocycles. The summed E-state index contributed by atoms with van der Waals surface area (Å²) in [4.78, 5) is 42.9. The van der Waals surface area contributed by atoms with Crippen LogP contribution in [0.2, 0.25) is 0 Å². The maximum absolute atomic E-state index is 13.0. The average Bonchev–Trinajstić information content (AvgIpc) is 3.80. The summed E-state index contributed by atoms with van der Waals surface area (Å²) >= 11 is 0. The van der Waals surface area contributed by atoms with E-state index in [1.165, 1.54) is 6.20 Å². The van der Waals surface area contributed by atoms with Crippen molar-refractivity contribution < 1.29 is 9.59 Å². The highest BCUT2D eigenvalue weighted by Crippen LogP contribution is 2.31. The van der Waals surface area contributed by atoms with Gasteiger partial charge >= 0.3 is 0 Å². The molecule has 0 aliphatic heterocycles. The van der Waals surface area contributed by atoms with Crippen molar-refractivity contribution in [3.63, 3.8) is 0 Å². The molecule has 2 amide bonds. The monoisotopic (exact) mass is 517 g/mol. The van der Waals surface area contributed by atoms with Gasteiger partial charge in [0.15, 0.2) is 5.82 Å². The first kappa shape index (κ1) is 25.7. The first-order valence-corrected chi connectivity index (χ1v) is 12.6. The van der Waals surface area contributed by atoms with Gasteiger partial charge in [0.1, 0.15) is 5.82 Å². The van der Waals surface area contributed by atoms with E-state index in [0.717, 1.165) is 29.5 Å². The van der Waals surface area contributed by atoms with Gasteiger partial charge in [-0.15, -0.1) is 0 Å². The molecule has 9 heteroatoms. The fourth-order valence-corrected chi connectivity index (χ4v) is 4.00. The van der Waals surface area contributed by atoms with Crippen LogP contribution in [0, 0.1) is 24.2 Å². The number of anilines is 2. The second kappa shape index (κ2) is 10.4. The molecule has 0 bridgehead atoms. The molecule has 4 aromatic rings. The van der Waals surface area contributed by atoms with E-state index in [1.54, 1.807) is 50.5 Å². The number of hydrogen-bond donors (Lipinski definition) is 2. The summed E-state index contributed by atoms with van der Waals surface area (Å²) in [6.07, 6.45) is 6.69. The van der Waals surface area contributed by atoms with Gasteiger partial charge in [0.2, 0.25) is 5.91 Å². The lowest BCUT2D eigenvalue weighted by Gasteiger charge is -2.15. The van der Waals surface area contributed by atoms with Crippen molar-refractivity contribution in [2.75, 3.05) is 10.6 Å². The van der Waals surface area contributed by atoms with Crippen LogP contribution in [-0.2, 0) is 10.2 Å². The Hall–Kier alpha value is -4.97. The second-order valence-electron chi connectivity index (χ2n) is 10.1. The van der Waals surface area contributed by atoms with E-state index in [4.69, 9.17) is 4.98 Å². The number of nitrogens with one attached hydrogen (secondary N) is 2. The largest absolute Gasteiger partial charge is 0.322 e. The zero-order chi connectivity index (χ0) is 27.6. The summed E-state index contributed by atoms with van der Waals surface area (Å²) in [5.74, 6) is 0.761. The molecule has 1 aromatic carbocycles. The smallest absolute Gasteiger partial charge is 0.255 e. The number of benzene rings is 1. The molecule has 1 saturated carbocycles. The molecular weight excluding hydrogens is 490 g/mol. The number of aryl methyl sites for hydroxylation is 1. The minimum atomic E-state index is -0.811. The molecule has 3 heterocycles. The zero-order valence-corrected chi connectivity index (χ0v) is 21.9. The molecule has 0 unspecified atom stereocenters. The summed E-state index contributed by atoms with van der Waals surface area (Å²) in [6, 6.07) is 16.4. The van der Waals surface area contributed by atoms with Crippen LogP contribution in [0.4, 0.5) is 11.5 Å². The van der Waals surface area contributed by atoms with Crippen LogP contribution in [0.15, 0.2) is 67.1 Å². The Morgan fingerprint density at radius 3 is 2.49 bits per heavy atom. The van der Waals surface area contributed by atoms with Crippen molar-refractivity contribution in [1.82, 2.24) is 19.9 Å². The van der Waals surface area contributed by atoms with Gasteiger partial charge < -0.3 is 10.6 Å². The molecule has 1 aliphatic carbocycles. The molecular formula is C30H27N7O2. The van der Waals surface area contributed by atoms with Crippen LogP contribution in [0.25, 0.3) is 22.6 Å². The van der Waals surface area contributed by atoms with E-state index in [1.807, 2.05) is 31.2 Å². The van der Waals surface area contributed by atoms with Crippen LogP contribution >= 0.6 is 0 Å². The van der Waals surface area contributed by atoms with E-state index < -0.39 is 5.41 Å². The highest BCUT2D eigenvalue weighted by Gasteiger charge is 2.29. The van der Waals surface area contributed by atoms with Crippen LogP contribution in [0.5, 0.6) is 0 Å². The van der Waals surface area contributed by atoms with Crippen molar-refractivity contribution >= 4 is 23.3 Å². The van der Waals surface area contributed by atoms with Crippen LogP contribution < -0.4 is 10.6 Å². The SMILES string of the molecule is Cc1ccc(NC(=O)c2ccnc(C(C)(C)C#N)c2)cc1-c1nccc(-c2ccnc(NC(=O)C3CC3)c2)n1. The highest BCUT2D eigenvalue weighted by molar-refractivity contribution is 6.04. The van der Waals surface area contributed by atoms with E-state index in [2.05, 4.69) is 31.7 Å². The average molecular weight is 518 g/mol. The number of pyridine rings is 2. The molecule has 0 spiro atoms. The third kappa shape index (κ3) is 5.80. The van der Waals surface area contributed by atoms with Crippen LogP contribution in [-0.4, -0.2) is 31.8 Å². The molecule has 5 rings (SSSR count). The fourth-order valence-electron chi connectivity index (χ4n) is 4.00. The third-order valence-corrected chi connectivity index (χ3v) is 6.59. The van der Waals surface area contributed by atoms with Crippen LogP contribution in [0.3, 0.4) is 0 Å². The number of aromatic nitrogens is 4. The normalized spacial score (nSPS) is 12.9. The molecule has 194 valence electrons. The number of carbonyl (C=O) groups is 2. The fraction of sp³-hybridized carbons (Fsp3) is 0.233. The van der Waals surface area contributed by atoms with Gasteiger partial charge in [-0.2, -0.15) is 5.26 Å². The summed E-state index contributed by atoms with van der Waals surface area (Å²) in [5.41, 5.74) is 3.91. The van der Waals surface area contributed by atoms with E-state index in [0.29, 0.717) is 34.3 Å². The summed E-state index contributed by atoms with van der Waals surface area (Å²) in [6.45, 7) is 5.47. The van der Waals surface area contributed by atoms with E-state index in [-0.39, 0.29) is 17.7 Å². The van der Waals surface area contributed by atoms with Gasteiger partial charge in [-0.3, -0.25) is 14.6 Å². The Bertz CT molecular complexity index is 1620. The number of nitriles is 1. The molecule has 9 nitrogen and oxygen atoms in total. The molecule has 1 fully saturated rings. The number of hydrogen-bond acceptors (Lipinski definition) is 7. The maximum Gasteiger partial charge on any atom is 0.255 e. The quantitative estimate of drug-likeness (QED) is 0.339. The predicted octanol–water partition coefficient (Wildman–Crippen LogP) is 5.31. The Labute approximate surface area is 226 Å². The van der Waals surface area contributed by atoms with E-state index in [9.17, 15) is 14.9 Å². The molecule has 2 N–H and O–H groups in total. The van der Waals surface area contributed by atoms with Crippen LogP contribution in [0.1, 0.15) is 48.3 Å². The van der Waals surface area contributed by atoms with Gasteiger partial charge in [0, 0.05) is 46.9 Å². The predicted molar refractivity (Wildman–Crippen MR) is 148 cm³/mol. The number of rotatable bonds is 7. The lowest BCUT2D eigenvalue weighted by molar-refractivity contribution is -0.117. The van der Waals surface area contributed by atoms with Crippen molar-refractivity contribution in [3.8, 4) is 28.7 Å². The van der Waals surface area contributed by atoms with Gasteiger partial charge in [0.05, 0.1) is 22.9 Å². The Balaban J connectivity index is 1.38. The highest BCUT2D eigenvalue weighted by atomic mass is 16.2. The van der Waals surface area contributed by atoms with Gasteiger partial charge in [-0.05, 0) is 81.6 Å². The number of nitrogens with zero attached hydrogens (tertiary/aromatic N) is 5. The third-order valence-electron chi connectivity index (χ3n) is 6.59. The first-order valence-electron chi connectivity index (χ1n) is 12.6. The molecule has 0 saturated heterocycles. The summed E-state index contributed by atoms with van der Waals surface area (Å²) in [7, 11) is 0. The Morgan fingerprint density at radius 2 is 1.72 bits per heavy atom. The lowest BCUT2D eigenvalue weighted by atomic mass is 9.90. The van der Waals surface area contributed by atoms with E-state index >= 15 is 0 Å². The molecule has 0 radical (unpaired) electrons. The molecule has 39 heavy (non-hydrogen) atoms. The molecule has 1 aliphatic rings.